The van der Waals surface area contributed by atoms with Crippen molar-refractivity contribution in [1.29, 1.82) is 5.26 Å². The molecule has 9 nitrogen and oxygen atoms in total. The molecule has 3 heterocycles. The molecule has 3 aromatic heterocycles. The number of nitrogens with one attached hydrogen (secondary N) is 1. The Hall–Kier alpha value is -6.27. The van der Waals surface area contributed by atoms with E-state index in [1.54, 1.807) is 42.7 Å². The Morgan fingerprint density at radius 1 is 0.953 bits per heavy atom. The molecule has 0 aliphatic carbocycles. The van der Waals surface area contributed by atoms with Crippen LogP contribution in [-0.4, -0.2) is 31.7 Å². The number of rotatable bonds is 9. The fourth-order valence-corrected chi connectivity index (χ4v) is 4.50. The normalized spacial score (nSPS) is 11.0. The fraction of sp³-hybridized carbons (Fsp3) is 0.0294. The number of carboxylic acid groups (broad SMARTS) is 1. The summed E-state index contributed by atoms with van der Waals surface area (Å²) in [5, 5.41) is 25.8. The summed E-state index contributed by atoms with van der Waals surface area (Å²) in [6, 6.07) is 33.7. The Kier molecular flexibility index (Phi) is 7.56. The van der Waals surface area contributed by atoms with Crippen LogP contribution in [0.1, 0.15) is 27.0 Å². The molecule has 208 valence electrons. The summed E-state index contributed by atoms with van der Waals surface area (Å²) in [6.45, 7) is 0.241. The van der Waals surface area contributed by atoms with Crippen LogP contribution in [0.5, 0.6) is 0 Å². The van der Waals surface area contributed by atoms with Crippen LogP contribution in [0.3, 0.4) is 0 Å². The summed E-state index contributed by atoms with van der Waals surface area (Å²) >= 11 is 0. The van der Waals surface area contributed by atoms with E-state index in [9.17, 15) is 9.90 Å². The molecule has 0 atom stereocenters. The van der Waals surface area contributed by atoms with Crippen molar-refractivity contribution in [3.05, 3.63) is 138 Å². The lowest BCUT2D eigenvalue weighted by Crippen LogP contribution is -2.00. The van der Waals surface area contributed by atoms with Crippen LogP contribution >= 0.6 is 0 Å². The number of carboxylic acids is 1. The minimum Gasteiger partial charge on any atom is -0.478 e. The number of nitrogens with zero attached hydrogens (tertiary/aromatic N) is 5. The topological polar surface area (TPSA) is 125 Å². The molecule has 6 rings (SSSR count). The first-order valence-corrected chi connectivity index (χ1v) is 13.4. The van der Waals surface area contributed by atoms with Crippen molar-refractivity contribution in [1.82, 2.24) is 14.4 Å². The molecule has 0 aliphatic rings. The lowest BCUT2D eigenvalue weighted by molar-refractivity contribution is 0.0697. The standard InChI is InChI=1S/C34H24N6O3/c35-18-24-8-16-30(36-19-24)26-10-6-23(7-11-26)20-37-43-22-25-9-17-31-39-32(27-4-2-1-3-5-27)33(40(31)21-25)38-29-14-12-28(13-15-29)34(41)42/h1-17,19-21,38H,22H2,(H,41,42)/b37-20-. The first-order valence-electron chi connectivity index (χ1n) is 13.4. The molecule has 0 unspecified atom stereocenters. The van der Waals surface area contributed by atoms with Crippen LogP contribution in [0.25, 0.3) is 28.2 Å². The molecule has 0 aliphatic heterocycles. The van der Waals surface area contributed by atoms with Gasteiger partial charge >= 0.3 is 5.97 Å². The van der Waals surface area contributed by atoms with Gasteiger partial charge in [-0.25, -0.2) is 9.78 Å². The number of anilines is 2. The van der Waals surface area contributed by atoms with Crippen LogP contribution < -0.4 is 5.32 Å². The first-order chi connectivity index (χ1) is 21.1. The molecule has 0 radical (unpaired) electrons. The minimum absolute atomic E-state index is 0.214. The number of aromatic nitrogens is 3. The van der Waals surface area contributed by atoms with Crippen molar-refractivity contribution in [3.8, 4) is 28.6 Å². The van der Waals surface area contributed by atoms with E-state index >= 15 is 0 Å². The summed E-state index contributed by atoms with van der Waals surface area (Å²) in [5.74, 6) is -0.234. The van der Waals surface area contributed by atoms with Crippen LogP contribution in [0, 0.1) is 11.3 Å². The number of nitriles is 1. The van der Waals surface area contributed by atoms with Gasteiger partial charge in [-0.15, -0.1) is 0 Å². The summed E-state index contributed by atoms with van der Waals surface area (Å²) < 4.78 is 1.95. The zero-order valence-corrected chi connectivity index (χ0v) is 22.8. The van der Waals surface area contributed by atoms with Crippen molar-refractivity contribution >= 4 is 29.3 Å². The van der Waals surface area contributed by atoms with E-state index < -0.39 is 5.97 Å². The number of hydrogen-bond donors (Lipinski definition) is 2. The SMILES string of the molecule is N#Cc1ccc(-c2ccc(/C=N\OCc3ccc4nc(-c5ccccc5)c(Nc5ccc(C(=O)O)cc5)n4c3)cc2)nc1. The number of hydrogen-bond acceptors (Lipinski definition) is 7. The first kappa shape index (κ1) is 26.9. The van der Waals surface area contributed by atoms with Gasteiger partial charge in [0.2, 0.25) is 0 Å². The summed E-state index contributed by atoms with van der Waals surface area (Å²) in [4.78, 5) is 26.1. The maximum atomic E-state index is 11.3. The van der Waals surface area contributed by atoms with Crippen LogP contribution in [-0.2, 0) is 11.4 Å². The van der Waals surface area contributed by atoms with Crippen molar-refractivity contribution in [3.63, 3.8) is 0 Å². The molecular weight excluding hydrogens is 540 g/mol. The third-order valence-corrected chi connectivity index (χ3v) is 6.73. The molecule has 6 aromatic rings. The Morgan fingerprint density at radius 2 is 1.74 bits per heavy atom. The number of benzene rings is 3. The predicted molar refractivity (Wildman–Crippen MR) is 164 cm³/mol. The molecule has 2 N–H and O–H groups in total. The lowest BCUT2D eigenvalue weighted by atomic mass is 10.1. The molecular formula is C34H24N6O3. The Morgan fingerprint density at radius 3 is 2.44 bits per heavy atom. The van der Waals surface area contributed by atoms with Gasteiger partial charge in [-0.2, -0.15) is 5.26 Å². The van der Waals surface area contributed by atoms with E-state index in [2.05, 4.69) is 21.5 Å². The van der Waals surface area contributed by atoms with E-state index in [-0.39, 0.29) is 12.2 Å². The Bertz CT molecular complexity index is 1960. The minimum atomic E-state index is -0.976. The highest BCUT2D eigenvalue weighted by Crippen LogP contribution is 2.31. The second kappa shape index (κ2) is 12.1. The molecule has 0 bridgehead atoms. The number of fused-ring (bicyclic) bond motifs is 1. The highest BCUT2D eigenvalue weighted by Gasteiger charge is 2.15. The van der Waals surface area contributed by atoms with E-state index in [1.165, 1.54) is 0 Å². The summed E-state index contributed by atoms with van der Waals surface area (Å²) in [7, 11) is 0. The van der Waals surface area contributed by atoms with Gasteiger partial charge in [0.15, 0.2) is 0 Å². The van der Waals surface area contributed by atoms with Gasteiger partial charge in [-0.05, 0) is 48.0 Å². The van der Waals surface area contributed by atoms with E-state index in [1.807, 2.05) is 83.4 Å². The lowest BCUT2D eigenvalue weighted by Gasteiger charge is -2.10. The second-order valence-corrected chi connectivity index (χ2v) is 9.62. The molecule has 43 heavy (non-hydrogen) atoms. The van der Waals surface area contributed by atoms with Crippen LogP contribution in [0.2, 0.25) is 0 Å². The quantitative estimate of drug-likeness (QED) is 0.144. The summed E-state index contributed by atoms with van der Waals surface area (Å²) in [6.07, 6.45) is 5.14. The molecule has 9 heteroatoms. The van der Waals surface area contributed by atoms with Crippen molar-refractivity contribution in [2.24, 2.45) is 5.16 Å². The molecule has 0 saturated heterocycles. The number of imidazole rings is 1. The largest absolute Gasteiger partial charge is 0.478 e. The molecule has 0 saturated carbocycles. The maximum Gasteiger partial charge on any atom is 0.335 e. The van der Waals surface area contributed by atoms with E-state index in [4.69, 9.17) is 15.1 Å². The number of oxime groups is 1. The molecule has 0 spiro atoms. The van der Waals surface area contributed by atoms with Gasteiger partial charge in [0.1, 0.15) is 29.8 Å². The molecule has 0 fully saturated rings. The average molecular weight is 565 g/mol. The number of aromatic carboxylic acids is 1. The van der Waals surface area contributed by atoms with Gasteiger partial charge in [-0.1, -0.05) is 65.8 Å². The van der Waals surface area contributed by atoms with E-state index in [0.29, 0.717) is 5.56 Å². The molecule has 0 amide bonds. The van der Waals surface area contributed by atoms with Gasteiger partial charge < -0.3 is 15.3 Å². The maximum absolute atomic E-state index is 11.3. The number of pyridine rings is 2. The highest BCUT2D eigenvalue weighted by atomic mass is 16.6. The van der Waals surface area contributed by atoms with Gasteiger partial charge in [-0.3, -0.25) is 9.38 Å². The monoisotopic (exact) mass is 564 g/mol. The summed E-state index contributed by atoms with van der Waals surface area (Å²) in [5.41, 5.74) is 7.40. The second-order valence-electron chi connectivity index (χ2n) is 9.62. The smallest absolute Gasteiger partial charge is 0.335 e. The van der Waals surface area contributed by atoms with Gasteiger partial charge in [0.05, 0.1) is 23.0 Å². The van der Waals surface area contributed by atoms with Gasteiger partial charge in [0.25, 0.3) is 0 Å². The zero-order valence-electron chi connectivity index (χ0n) is 22.8. The Balaban J connectivity index is 1.19. The fourth-order valence-electron chi connectivity index (χ4n) is 4.50. The van der Waals surface area contributed by atoms with Crippen LogP contribution in [0.15, 0.2) is 121 Å². The third-order valence-electron chi connectivity index (χ3n) is 6.73. The highest BCUT2D eigenvalue weighted by molar-refractivity contribution is 5.88. The zero-order chi connectivity index (χ0) is 29.6. The Labute approximate surface area is 247 Å². The van der Waals surface area contributed by atoms with Crippen molar-refractivity contribution in [2.45, 2.75) is 6.61 Å². The van der Waals surface area contributed by atoms with E-state index in [0.717, 1.165) is 50.8 Å². The van der Waals surface area contributed by atoms with Gasteiger partial charge in [0, 0.05) is 34.8 Å². The molecule has 3 aromatic carbocycles. The number of carbonyl (C=O) groups is 1. The average Bonchev–Trinajstić information content (AvgIpc) is 3.41. The third kappa shape index (κ3) is 6.09. The van der Waals surface area contributed by atoms with Crippen LogP contribution in [0.4, 0.5) is 11.5 Å². The van der Waals surface area contributed by atoms with Crippen molar-refractivity contribution in [2.75, 3.05) is 5.32 Å². The van der Waals surface area contributed by atoms with Crippen molar-refractivity contribution < 1.29 is 14.7 Å². The predicted octanol–water partition coefficient (Wildman–Crippen LogP) is 6.93.